The highest BCUT2D eigenvalue weighted by atomic mass is 16.5. The van der Waals surface area contributed by atoms with Crippen molar-refractivity contribution in [3.8, 4) is 11.5 Å². The molecule has 0 aliphatic carbocycles. The van der Waals surface area contributed by atoms with Gasteiger partial charge in [-0.1, -0.05) is 19.9 Å². The summed E-state index contributed by atoms with van der Waals surface area (Å²) in [5.74, 6) is 1.91. The zero-order chi connectivity index (χ0) is 19.9. The average molecular weight is 381 g/mol. The second kappa shape index (κ2) is 9.17. The molecule has 3 aromatic rings. The van der Waals surface area contributed by atoms with Crippen LogP contribution < -0.4 is 20.1 Å². The largest absolute Gasteiger partial charge is 0.493 e. The summed E-state index contributed by atoms with van der Waals surface area (Å²) in [6.45, 7) is 5.00. The lowest BCUT2D eigenvalue weighted by Gasteiger charge is -2.14. The number of urea groups is 1. The SMILES string of the molecule is COc1ccc(NC(=O)Nc2ccc3cc[nH]c3c2)cc1OCCCC(C)C. The van der Waals surface area contributed by atoms with Gasteiger partial charge in [-0.25, -0.2) is 4.79 Å². The van der Waals surface area contributed by atoms with Gasteiger partial charge in [0, 0.05) is 29.2 Å². The Morgan fingerprint density at radius 1 is 1.04 bits per heavy atom. The molecule has 6 nitrogen and oxygen atoms in total. The third kappa shape index (κ3) is 5.19. The van der Waals surface area contributed by atoms with Crippen molar-refractivity contribution in [2.24, 2.45) is 5.92 Å². The standard InChI is InChI=1S/C22H27N3O3/c1-15(2)5-4-12-28-21-14-18(8-9-20(21)27-3)25-22(26)24-17-7-6-16-10-11-23-19(16)13-17/h6-11,13-15,23H,4-5,12H2,1-3H3,(H2,24,25,26). The van der Waals surface area contributed by atoms with Crippen molar-refractivity contribution < 1.29 is 14.3 Å². The monoisotopic (exact) mass is 381 g/mol. The van der Waals surface area contributed by atoms with Crippen molar-refractivity contribution in [2.75, 3.05) is 24.4 Å². The molecule has 0 spiro atoms. The van der Waals surface area contributed by atoms with Crippen LogP contribution in [-0.4, -0.2) is 24.7 Å². The average Bonchev–Trinajstić information content (AvgIpc) is 3.13. The number of hydrogen-bond acceptors (Lipinski definition) is 3. The van der Waals surface area contributed by atoms with Crippen LogP contribution in [0.15, 0.2) is 48.7 Å². The lowest BCUT2D eigenvalue weighted by molar-refractivity contribution is 0.262. The predicted molar refractivity (Wildman–Crippen MR) is 114 cm³/mol. The number of rotatable bonds is 8. The maximum Gasteiger partial charge on any atom is 0.323 e. The van der Waals surface area contributed by atoms with Crippen LogP contribution in [0.2, 0.25) is 0 Å². The van der Waals surface area contributed by atoms with Crippen LogP contribution in [0, 0.1) is 5.92 Å². The zero-order valence-electron chi connectivity index (χ0n) is 16.5. The number of amides is 2. The predicted octanol–water partition coefficient (Wildman–Crippen LogP) is 5.64. The van der Waals surface area contributed by atoms with Gasteiger partial charge in [0.2, 0.25) is 0 Å². The molecule has 28 heavy (non-hydrogen) atoms. The highest BCUT2D eigenvalue weighted by Gasteiger charge is 2.09. The maximum absolute atomic E-state index is 12.4. The summed E-state index contributed by atoms with van der Waals surface area (Å²) in [7, 11) is 1.60. The van der Waals surface area contributed by atoms with Gasteiger partial charge in [-0.05, 0) is 54.5 Å². The number of carbonyl (C=O) groups is 1. The number of hydrogen-bond donors (Lipinski definition) is 3. The molecule has 2 aromatic carbocycles. The molecule has 0 radical (unpaired) electrons. The van der Waals surface area contributed by atoms with Crippen LogP contribution in [-0.2, 0) is 0 Å². The smallest absolute Gasteiger partial charge is 0.323 e. The van der Waals surface area contributed by atoms with Gasteiger partial charge in [0.15, 0.2) is 11.5 Å². The molecule has 0 fully saturated rings. The third-order valence-electron chi connectivity index (χ3n) is 4.42. The van der Waals surface area contributed by atoms with E-state index >= 15 is 0 Å². The number of anilines is 2. The van der Waals surface area contributed by atoms with E-state index in [4.69, 9.17) is 9.47 Å². The Balaban J connectivity index is 1.62. The van der Waals surface area contributed by atoms with E-state index in [2.05, 4.69) is 29.5 Å². The van der Waals surface area contributed by atoms with Crippen molar-refractivity contribution in [1.29, 1.82) is 0 Å². The second-order valence-corrected chi connectivity index (χ2v) is 7.11. The fraction of sp³-hybridized carbons (Fsp3) is 0.318. The lowest BCUT2D eigenvalue weighted by Crippen LogP contribution is -2.19. The molecule has 0 saturated heterocycles. The molecular formula is C22H27N3O3. The van der Waals surface area contributed by atoms with Gasteiger partial charge in [-0.15, -0.1) is 0 Å². The molecule has 1 heterocycles. The molecule has 3 N–H and O–H groups in total. The van der Waals surface area contributed by atoms with Crippen LogP contribution in [0.25, 0.3) is 10.9 Å². The minimum atomic E-state index is -0.318. The zero-order valence-corrected chi connectivity index (χ0v) is 16.5. The number of methoxy groups -OCH3 is 1. The molecule has 0 aliphatic rings. The molecule has 0 saturated carbocycles. The second-order valence-electron chi connectivity index (χ2n) is 7.11. The first kappa shape index (κ1) is 19.6. The van der Waals surface area contributed by atoms with Crippen LogP contribution in [0.5, 0.6) is 11.5 Å². The summed E-state index contributed by atoms with van der Waals surface area (Å²) in [6, 6.07) is 12.7. The number of H-pyrrole nitrogens is 1. The van der Waals surface area contributed by atoms with Gasteiger partial charge < -0.3 is 25.1 Å². The van der Waals surface area contributed by atoms with Crippen LogP contribution in [0.1, 0.15) is 26.7 Å². The molecule has 0 unspecified atom stereocenters. The van der Waals surface area contributed by atoms with Gasteiger partial charge in [-0.3, -0.25) is 0 Å². The van der Waals surface area contributed by atoms with Crippen LogP contribution >= 0.6 is 0 Å². The Kier molecular flexibility index (Phi) is 6.42. The minimum absolute atomic E-state index is 0.318. The van der Waals surface area contributed by atoms with E-state index in [1.54, 1.807) is 25.3 Å². The molecule has 148 valence electrons. The van der Waals surface area contributed by atoms with Crippen molar-refractivity contribution in [3.63, 3.8) is 0 Å². The summed E-state index contributed by atoms with van der Waals surface area (Å²) >= 11 is 0. The molecule has 2 amide bonds. The van der Waals surface area contributed by atoms with Crippen molar-refractivity contribution in [3.05, 3.63) is 48.7 Å². The topological polar surface area (TPSA) is 75.4 Å². The van der Waals surface area contributed by atoms with Crippen LogP contribution in [0.3, 0.4) is 0 Å². The van der Waals surface area contributed by atoms with E-state index in [1.165, 1.54) is 0 Å². The quantitative estimate of drug-likeness (QED) is 0.442. The fourth-order valence-corrected chi connectivity index (χ4v) is 2.96. The molecule has 0 atom stereocenters. The molecule has 6 heteroatoms. The Morgan fingerprint density at radius 3 is 2.54 bits per heavy atom. The number of aromatic amines is 1. The maximum atomic E-state index is 12.4. The number of fused-ring (bicyclic) bond motifs is 1. The minimum Gasteiger partial charge on any atom is -0.493 e. The van der Waals surface area contributed by atoms with Gasteiger partial charge in [-0.2, -0.15) is 0 Å². The molecule has 3 rings (SSSR count). The highest BCUT2D eigenvalue weighted by Crippen LogP contribution is 2.30. The Bertz CT molecular complexity index is 934. The van der Waals surface area contributed by atoms with E-state index in [1.807, 2.05) is 30.5 Å². The Hall–Kier alpha value is -3.15. The number of aromatic nitrogens is 1. The number of benzene rings is 2. The van der Waals surface area contributed by atoms with Gasteiger partial charge in [0.25, 0.3) is 0 Å². The molecule has 0 aliphatic heterocycles. The van der Waals surface area contributed by atoms with E-state index in [9.17, 15) is 4.79 Å². The van der Waals surface area contributed by atoms with Crippen molar-refractivity contribution in [1.82, 2.24) is 4.98 Å². The summed E-state index contributed by atoms with van der Waals surface area (Å²) < 4.78 is 11.2. The van der Waals surface area contributed by atoms with Crippen molar-refractivity contribution in [2.45, 2.75) is 26.7 Å². The number of carbonyl (C=O) groups excluding carboxylic acids is 1. The van der Waals surface area contributed by atoms with E-state index in [-0.39, 0.29) is 6.03 Å². The van der Waals surface area contributed by atoms with E-state index in [0.29, 0.717) is 35.4 Å². The molecular weight excluding hydrogens is 354 g/mol. The van der Waals surface area contributed by atoms with Gasteiger partial charge in [0.05, 0.1) is 13.7 Å². The van der Waals surface area contributed by atoms with E-state index in [0.717, 1.165) is 23.7 Å². The summed E-state index contributed by atoms with van der Waals surface area (Å²) in [4.78, 5) is 15.5. The van der Waals surface area contributed by atoms with E-state index < -0.39 is 0 Å². The lowest BCUT2D eigenvalue weighted by atomic mass is 10.1. The normalized spacial score (nSPS) is 10.9. The molecule has 0 bridgehead atoms. The van der Waals surface area contributed by atoms with Gasteiger partial charge >= 0.3 is 6.03 Å². The Labute approximate surface area is 165 Å². The first-order valence-electron chi connectivity index (χ1n) is 9.51. The van der Waals surface area contributed by atoms with Crippen LogP contribution in [0.4, 0.5) is 16.2 Å². The molecule has 1 aromatic heterocycles. The highest BCUT2D eigenvalue weighted by molar-refractivity contribution is 6.01. The number of ether oxygens (including phenoxy) is 2. The Morgan fingerprint density at radius 2 is 1.79 bits per heavy atom. The first-order valence-corrected chi connectivity index (χ1v) is 9.51. The van der Waals surface area contributed by atoms with Gasteiger partial charge in [0.1, 0.15) is 0 Å². The van der Waals surface area contributed by atoms with Crippen molar-refractivity contribution >= 4 is 28.3 Å². The first-order chi connectivity index (χ1) is 13.5. The fourth-order valence-electron chi connectivity index (χ4n) is 2.96. The summed E-state index contributed by atoms with van der Waals surface area (Å²) in [5, 5.41) is 6.78. The summed E-state index contributed by atoms with van der Waals surface area (Å²) in [5.41, 5.74) is 2.32. The summed E-state index contributed by atoms with van der Waals surface area (Å²) in [6.07, 6.45) is 3.95. The number of nitrogens with one attached hydrogen (secondary N) is 3. The third-order valence-corrected chi connectivity index (χ3v) is 4.42.